The third-order valence-corrected chi connectivity index (χ3v) is 7.14. The van der Waals surface area contributed by atoms with E-state index in [1.807, 2.05) is 10.6 Å². The smallest absolute Gasteiger partial charge is 0.345 e. The van der Waals surface area contributed by atoms with Crippen molar-refractivity contribution in [3.05, 3.63) is 80.9 Å². The van der Waals surface area contributed by atoms with Gasteiger partial charge in [0.15, 0.2) is 0 Å². The first-order valence-electron chi connectivity index (χ1n) is 12.0. The van der Waals surface area contributed by atoms with Crippen molar-refractivity contribution >= 4 is 32.9 Å². The predicted molar refractivity (Wildman–Crippen MR) is 135 cm³/mol. The highest BCUT2D eigenvalue weighted by Crippen LogP contribution is 2.31. The molecule has 36 heavy (non-hydrogen) atoms. The lowest BCUT2D eigenvalue weighted by Crippen LogP contribution is -2.35. The van der Waals surface area contributed by atoms with Crippen LogP contribution in [0, 0.1) is 5.82 Å². The number of rotatable bonds is 5. The zero-order valence-corrected chi connectivity index (χ0v) is 19.7. The standard InChI is InChI=1S/C27H25FN4O4/c1-35-19-12-23-22(30-14-19)7-9-25(33)32(23)18-5-3-16(4-6-18)29-13-17-11-21-26(31-17)20-10-15(28)2-8-24(20)36-27(21)34/h2,7-12,14,16,18,29,31H,3-6,13H2,1H3. The van der Waals surface area contributed by atoms with E-state index in [0.717, 1.165) is 42.4 Å². The Morgan fingerprint density at radius 2 is 1.94 bits per heavy atom. The third-order valence-electron chi connectivity index (χ3n) is 7.14. The van der Waals surface area contributed by atoms with E-state index in [0.29, 0.717) is 34.2 Å². The highest BCUT2D eigenvalue weighted by Gasteiger charge is 2.24. The van der Waals surface area contributed by atoms with Crippen LogP contribution in [0.25, 0.3) is 32.9 Å². The van der Waals surface area contributed by atoms with Gasteiger partial charge in [0.2, 0.25) is 0 Å². The Balaban J connectivity index is 1.18. The summed E-state index contributed by atoms with van der Waals surface area (Å²) < 4.78 is 26.3. The molecule has 0 unspecified atom stereocenters. The molecular weight excluding hydrogens is 463 g/mol. The first-order chi connectivity index (χ1) is 17.5. The summed E-state index contributed by atoms with van der Waals surface area (Å²) in [4.78, 5) is 32.8. The maximum Gasteiger partial charge on any atom is 0.345 e. The van der Waals surface area contributed by atoms with Crippen LogP contribution in [0.4, 0.5) is 4.39 Å². The summed E-state index contributed by atoms with van der Waals surface area (Å²) in [6.07, 6.45) is 5.18. The third kappa shape index (κ3) is 3.95. The fraction of sp³-hybridized carbons (Fsp3) is 0.296. The summed E-state index contributed by atoms with van der Waals surface area (Å²) >= 11 is 0. The first kappa shape index (κ1) is 22.5. The fourth-order valence-electron chi connectivity index (χ4n) is 5.32. The zero-order chi connectivity index (χ0) is 24.8. The van der Waals surface area contributed by atoms with E-state index in [-0.39, 0.29) is 23.5 Å². The van der Waals surface area contributed by atoms with E-state index >= 15 is 0 Å². The monoisotopic (exact) mass is 488 g/mol. The highest BCUT2D eigenvalue weighted by atomic mass is 19.1. The lowest BCUT2D eigenvalue weighted by atomic mass is 9.90. The number of aromatic amines is 1. The molecule has 0 radical (unpaired) electrons. The fourth-order valence-corrected chi connectivity index (χ4v) is 5.32. The van der Waals surface area contributed by atoms with Crippen molar-refractivity contribution in [1.82, 2.24) is 19.9 Å². The van der Waals surface area contributed by atoms with Crippen LogP contribution in [0.15, 0.2) is 62.7 Å². The number of benzene rings is 1. The molecule has 1 aliphatic carbocycles. The second kappa shape index (κ2) is 8.91. The minimum Gasteiger partial charge on any atom is -0.495 e. The maximum absolute atomic E-state index is 13.8. The molecular formula is C27H25FN4O4. The van der Waals surface area contributed by atoms with Crippen molar-refractivity contribution in [2.24, 2.45) is 0 Å². The number of hydrogen-bond donors (Lipinski definition) is 2. The van der Waals surface area contributed by atoms with Gasteiger partial charge in [0.25, 0.3) is 5.56 Å². The van der Waals surface area contributed by atoms with Gasteiger partial charge in [-0.15, -0.1) is 0 Å². The van der Waals surface area contributed by atoms with Gasteiger partial charge in [-0.05, 0) is 56.0 Å². The average Bonchev–Trinajstić information content (AvgIpc) is 3.33. The SMILES string of the molecule is COc1cnc2ccc(=O)n(C3CCC(NCc4cc5c(=O)oc6ccc(F)cc6c5[nH]4)CC3)c2c1. The minimum atomic E-state index is -0.446. The van der Waals surface area contributed by atoms with Crippen LogP contribution in [0.3, 0.4) is 0 Å². The number of halogens is 1. The molecule has 0 amide bonds. The summed E-state index contributed by atoms with van der Waals surface area (Å²) in [7, 11) is 1.59. The summed E-state index contributed by atoms with van der Waals surface area (Å²) in [6, 6.07) is 11.4. The van der Waals surface area contributed by atoms with E-state index in [2.05, 4.69) is 15.3 Å². The summed E-state index contributed by atoms with van der Waals surface area (Å²) in [5.41, 5.74) is 2.85. The number of aromatic nitrogens is 3. The number of ether oxygens (including phenoxy) is 1. The predicted octanol–water partition coefficient (Wildman–Crippen LogP) is 4.41. The Kier molecular flexibility index (Phi) is 5.56. The Bertz CT molecular complexity index is 1710. The number of fused-ring (bicyclic) bond motifs is 4. The molecule has 1 aromatic carbocycles. The Hall–Kier alpha value is -3.98. The van der Waals surface area contributed by atoms with Gasteiger partial charge in [0.05, 0.1) is 35.2 Å². The largest absolute Gasteiger partial charge is 0.495 e. The maximum atomic E-state index is 13.8. The van der Waals surface area contributed by atoms with Gasteiger partial charge in [0, 0.05) is 41.8 Å². The molecule has 1 saturated carbocycles. The molecule has 184 valence electrons. The van der Waals surface area contributed by atoms with Gasteiger partial charge >= 0.3 is 5.63 Å². The molecule has 0 aliphatic heterocycles. The van der Waals surface area contributed by atoms with Crippen molar-refractivity contribution in [3.63, 3.8) is 0 Å². The van der Waals surface area contributed by atoms with Crippen LogP contribution in [-0.2, 0) is 6.54 Å². The number of nitrogens with one attached hydrogen (secondary N) is 2. The molecule has 9 heteroatoms. The van der Waals surface area contributed by atoms with Crippen molar-refractivity contribution in [2.75, 3.05) is 7.11 Å². The molecule has 0 saturated heterocycles. The molecule has 4 aromatic heterocycles. The number of hydrogen-bond acceptors (Lipinski definition) is 6. The van der Waals surface area contributed by atoms with Gasteiger partial charge in [-0.25, -0.2) is 9.18 Å². The zero-order valence-electron chi connectivity index (χ0n) is 19.7. The molecule has 0 atom stereocenters. The molecule has 0 spiro atoms. The minimum absolute atomic E-state index is 0.0328. The van der Waals surface area contributed by atoms with Crippen LogP contribution in [-0.4, -0.2) is 27.7 Å². The van der Waals surface area contributed by atoms with Crippen LogP contribution in [0.5, 0.6) is 5.75 Å². The average molecular weight is 489 g/mol. The summed E-state index contributed by atoms with van der Waals surface area (Å²) in [5, 5.41) is 4.52. The van der Waals surface area contributed by atoms with Crippen LogP contribution < -0.4 is 21.2 Å². The molecule has 0 bridgehead atoms. The van der Waals surface area contributed by atoms with Crippen molar-refractivity contribution in [3.8, 4) is 5.75 Å². The van der Waals surface area contributed by atoms with Crippen molar-refractivity contribution in [2.45, 2.75) is 44.3 Å². The van der Waals surface area contributed by atoms with Crippen LogP contribution in [0.2, 0.25) is 0 Å². The van der Waals surface area contributed by atoms with Gasteiger partial charge in [-0.1, -0.05) is 0 Å². The molecule has 2 N–H and O–H groups in total. The van der Waals surface area contributed by atoms with Gasteiger partial charge in [-0.3, -0.25) is 9.78 Å². The number of pyridine rings is 2. The normalized spacial score (nSPS) is 18.3. The number of nitrogens with zero attached hydrogens (tertiary/aromatic N) is 2. The van der Waals surface area contributed by atoms with Gasteiger partial charge < -0.3 is 24.0 Å². The van der Waals surface area contributed by atoms with Crippen molar-refractivity contribution in [1.29, 1.82) is 0 Å². The Morgan fingerprint density at radius 3 is 2.75 bits per heavy atom. The highest BCUT2D eigenvalue weighted by molar-refractivity contribution is 6.02. The summed E-state index contributed by atoms with van der Waals surface area (Å²) in [5.74, 6) is 0.239. The van der Waals surface area contributed by atoms with E-state index < -0.39 is 5.63 Å². The molecule has 1 fully saturated rings. The van der Waals surface area contributed by atoms with E-state index in [1.165, 1.54) is 18.2 Å². The van der Waals surface area contributed by atoms with E-state index in [1.54, 1.807) is 31.5 Å². The quantitative estimate of drug-likeness (QED) is 0.356. The lowest BCUT2D eigenvalue weighted by molar-refractivity contribution is 0.290. The number of H-pyrrole nitrogens is 1. The van der Waals surface area contributed by atoms with Gasteiger partial charge in [0.1, 0.15) is 17.1 Å². The number of methoxy groups -OCH3 is 1. The van der Waals surface area contributed by atoms with E-state index in [9.17, 15) is 14.0 Å². The molecule has 5 aromatic rings. The molecule has 8 nitrogen and oxygen atoms in total. The molecule has 1 aliphatic rings. The van der Waals surface area contributed by atoms with Crippen molar-refractivity contribution < 1.29 is 13.5 Å². The summed E-state index contributed by atoms with van der Waals surface area (Å²) in [6.45, 7) is 0.537. The Labute approximate surface area is 204 Å². The van der Waals surface area contributed by atoms with E-state index in [4.69, 9.17) is 9.15 Å². The van der Waals surface area contributed by atoms with Crippen LogP contribution in [0.1, 0.15) is 37.4 Å². The second-order valence-corrected chi connectivity index (χ2v) is 9.32. The topological polar surface area (TPSA) is 102 Å². The van der Waals surface area contributed by atoms with Crippen LogP contribution >= 0.6 is 0 Å². The van der Waals surface area contributed by atoms with Gasteiger partial charge in [-0.2, -0.15) is 0 Å². The first-order valence-corrected chi connectivity index (χ1v) is 12.0. The molecule has 6 rings (SSSR count). The molecule has 4 heterocycles. The second-order valence-electron chi connectivity index (χ2n) is 9.32. The lowest BCUT2D eigenvalue weighted by Gasteiger charge is -2.31. The Morgan fingerprint density at radius 1 is 1.11 bits per heavy atom.